The summed E-state index contributed by atoms with van der Waals surface area (Å²) in [5.74, 6) is 0. The molecule has 86 valence electrons. The quantitative estimate of drug-likeness (QED) is 0.742. The summed E-state index contributed by atoms with van der Waals surface area (Å²) in [6.45, 7) is 7.63. The highest BCUT2D eigenvalue weighted by Crippen LogP contribution is 2.31. The maximum atomic E-state index is 10.5. The van der Waals surface area contributed by atoms with Crippen molar-refractivity contribution in [1.82, 2.24) is 0 Å². The fraction of sp³-hybridized carbons (Fsp3) is 0.400. The Kier molecular flexibility index (Phi) is 4.54. The molecule has 0 heterocycles. The van der Waals surface area contributed by atoms with Crippen molar-refractivity contribution in [2.45, 2.75) is 38.7 Å². The standard InChI is InChI=1S/C15H20O/c1-4-6-10-13(5-2)15(3,16)14-11-8-7-9-12-14/h7-9,11-12,16H,2,4,6,10H2,1,3H3/t15-/m1/s1. The van der Waals surface area contributed by atoms with Gasteiger partial charge in [0.05, 0.1) is 0 Å². The third kappa shape index (κ3) is 2.85. The van der Waals surface area contributed by atoms with E-state index in [1.54, 1.807) is 0 Å². The van der Waals surface area contributed by atoms with E-state index in [9.17, 15) is 5.11 Å². The van der Waals surface area contributed by atoms with Crippen molar-refractivity contribution >= 4 is 0 Å². The molecule has 1 aromatic carbocycles. The summed E-state index contributed by atoms with van der Waals surface area (Å²) in [6, 6.07) is 9.68. The van der Waals surface area contributed by atoms with Crippen LogP contribution in [0, 0.1) is 0 Å². The number of unbranched alkanes of at least 4 members (excludes halogenated alkanes) is 1. The van der Waals surface area contributed by atoms with Gasteiger partial charge in [-0.1, -0.05) is 50.3 Å². The fourth-order valence-corrected chi connectivity index (χ4v) is 1.79. The van der Waals surface area contributed by atoms with Crippen LogP contribution >= 0.6 is 0 Å². The van der Waals surface area contributed by atoms with Gasteiger partial charge in [-0.2, -0.15) is 0 Å². The van der Waals surface area contributed by atoms with Crippen molar-refractivity contribution in [3.8, 4) is 0 Å². The van der Waals surface area contributed by atoms with Crippen molar-refractivity contribution in [2.75, 3.05) is 0 Å². The lowest BCUT2D eigenvalue weighted by Gasteiger charge is -2.26. The lowest BCUT2D eigenvalue weighted by atomic mass is 9.86. The smallest absolute Gasteiger partial charge is 0.115 e. The summed E-state index contributed by atoms with van der Waals surface area (Å²) in [7, 11) is 0. The first-order valence-corrected chi connectivity index (χ1v) is 5.80. The maximum absolute atomic E-state index is 10.5. The van der Waals surface area contributed by atoms with Crippen LogP contribution in [0.2, 0.25) is 0 Å². The molecule has 0 aliphatic carbocycles. The lowest BCUT2D eigenvalue weighted by Crippen LogP contribution is -2.23. The van der Waals surface area contributed by atoms with E-state index >= 15 is 0 Å². The topological polar surface area (TPSA) is 20.2 Å². The third-order valence-corrected chi connectivity index (χ3v) is 2.92. The predicted molar refractivity (Wildman–Crippen MR) is 68.2 cm³/mol. The molecule has 1 nitrogen and oxygen atoms in total. The van der Waals surface area contributed by atoms with Crippen LogP contribution in [0.1, 0.15) is 38.7 Å². The lowest BCUT2D eigenvalue weighted by molar-refractivity contribution is 0.0935. The van der Waals surface area contributed by atoms with Crippen LogP contribution in [0.4, 0.5) is 0 Å². The fourth-order valence-electron chi connectivity index (χ4n) is 1.79. The molecular weight excluding hydrogens is 196 g/mol. The molecule has 0 amide bonds. The van der Waals surface area contributed by atoms with Gasteiger partial charge in [-0.05, 0) is 25.3 Å². The maximum Gasteiger partial charge on any atom is 0.115 e. The summed E-state index contributed by atoms with van der Waals surface area (Å²) in [5, 5.41) is 10.5. The highest BCUT2D eigenvalue weighted by atomic mass is 16.3. The minimum Gasteiger partial charge on any atom is -0.380 e. The summed E-state index contributed by atoms with van der Waals surface area (Å²) >= 11 is 0. The Morgan fingerprint density at radius 3 is 2.50 bits per heavy atom. The van der Waals surface area contributed by atoms with Crippen LogP contribution in [-0.2, 0) is 5.60 Å². The van der Waals surface area contributed by atoms with Crippen LogP contribution in [0.5, 0.6) is 0 Å². The molecule has 1 aromatic rings. The summed E-state index contributed by atoms with van der Waals surface area (Å²) in [4.78, 5) is 0. The molecule has 0 spiro atoms. The average molecular weight is 216 g/mol. The minimum absolute atomic E-state index is 0.849. The molecule has 1 heteroatoms. The van der Waals surface area contributed by atoms with Gasteiger partial charge in [0.2, 0.25) is 0 Å². The van der Waals surface area contributed by atoms with Crippen molar-refractivity contribution in [2.24, 2.45) is 0 Å². The number of hydrogen-bond acceptors (Lipinski definition) is 1. The van der Waals surface area contributed by atoms with E-state index in [4.69, 9.17) is 0 Å². The second-order valence-electron chi connectivity index (χ2n) is 4.20. The zero-order chi connectivity index (χ0) is 12.0. The SMILES string of the molecule is C=C=C(CCCC)[C@@](C)(O)c1ccccc1. The zero-order valence-corrected chi connectivity index (χ0v) is 10.2. The Morgan fingerprint density at radius 2 is 2.00 bits per heavy atom. The molecule has 0 aliphatic rings. The molecule has 0 aliphatic heterocycles. The van der Waals surface area contributed by atoms with Crippen LogP contribution in [-0.4, -0.2) is 5.11 Å². The van der Waals surface area contributed by atoms with Gasteiger partial charge in [0.25, 0.3) is 0 Å². The summed E-state index contributed by atoms with van der Waals surface area (Å²) in [5.41, 5.74) is 3.72. The number of aliphatic hydroxyl groups is 1. The molecule has 0 aromatic heterocycles. The van der Waals surface area contributed by atoms with Gasteiger partial charge in [-0.25, -0.2) is 0 Å². The highest BCUT2D eigenvalue weighted by Gasteiger charge is 2.27. The van der Waals surface area contributed by atoms with E-state index in [2.05, 4.69) is 19.2 Å². The monoisotopic (exact) mass is 216 g/mol. The van der Waals surface area contributed by atoms with Gasteiger partial charge >= 0.3 is 0 Å². The first-order valence-electron chi connectivity index (χ1n) is 5.80. The average Bonchev–Trinajstić information content (AvgIpc) is 2.31. The normalized spacial score (nSPS) is 13.9. The van der Waals surface area contributed by atoms with Gasteiger partial charge in [0.15, 0.2) is 0 Å². The van der Waals surface area contributed by atoms with Gasteiger partial charge in [-0.3, -0.25) is 0 Å². The van der Waals surface area contributed by atoms with Crippen molar-refractivity contribution in [1.29, 1.82) is 0 Å². The first kappa shape index (κ1) is 12.8. The molecular formula is C15H20O. The van der Waals surface area contributed by atoms with E-state index in [-0.39, 0.29) is 0 Å². The molecule has 1 N–H and O–H groups in total. The number of hydrogen-bond donors (Lipinski definition) is 1. The van der Waals surface area contributed by atoms with Gasteiger partial charge < -0.3 is 5.11 Å². The highest BCUT2D eigenvalue weighted by molar-refractivity contribution is 5.31. The number of benzene rings is 1. The van der Waals surface area contributed by atoms with E-state index < -0.39 is 5.60 Å². The van der Waals surface area contributed by atoms with Crippen LogP contribution in [0.15, 0.2) is 48.2 Å². The van der Waals surface area contributed by atoms with Gasteiger partial charge in [0, 0.05) is 5.57 Å². The van der Waals surface area contributed by atoms with Crippen molar-refractivity contribution in [3.63, 3.8) is 0 Å². The molecule has 0 saturated carbocycles. The van der Waals surface area contributed by atoms with E-state index in [1.807, 2.05) is 37.3 Å². The molecule has 0 unspecified atom stereocenters. The summed E-state index contributed by atoms with van der Waals surface area (Å²) < 4.78 is 0. The van der Waals surface area contributed by atoms with E-state index in [0.29, 0.717) is 0 Å². The molecule has 0 saturated heterocycles. The van der Waals surface area contributed by atoms with Crippen LogP contribution in [0.3, 0.4) is 0 Å². The zero-order valence-electron chi connectivity index (χ0n) is 10.2. The second-order valence-corrected chi connectivity index (χ2v) is 4.20. The van der Waals surface area contributed by atoms with E-state index in [1.165, 1.54) is 0 Å². The summed E-state index contributed by atoms with van der Waals surface area (Å²) in [6.07, 6.45) is 3.01. The van der Waals surface area contributed by atoms with Gasteiger partial charge in [-0.15, -0.1) is 5.73 Å². The molecule has 0 fully saturated rings. The van der Waals surface area contributed by atoms with Crippen molar-refractivity contribution < 1.29 is 5.11 Å². The molecule has 0 radical (unpaired) electrons. The molecule has 1 atom stereocenters. The number of rotatable bonds is 5. The Morgan fingerprint density at radius 1 is 1.38 bits per heavy atom. The van der Waals surface area contributed by atoms with Gasteiger partial charge in [0.1, 0.15) is 5.60 Å². The largest absolute Gasteiger partial charge is 0.380 e. The Hall–Kier alpha value is -1.30. The second kappa shape index (κ2) is 5.69. The third-order valence-electron chi connectivity index (χ3n) is 2.92. The Bertz CT molecular complexity index is 370. The first-order chi connectivity index (χ1) is 7.62. The van der Waals surface area contributed by atoms with E-state index in [0.717, 1.165) is 30.4 Å². The molecule has 16 heavy (non-hydrogen) atoms. The minimum atomic E-state index is -0.946. The van der Waals surface area contributed by atoms with Crippen LogP contribution < -0.4 is 0 Å². The molecule has 0 bridgehead atoms. The van der Waals surface area contributed by atoms with Crippen LogP contribution in [0.25, 0.3) is 0 Å². The Balaban J connectivity index is 2.96. The Labute approximate surface area is 98.1 Å². The van der Waals surface area contributed by atoms with Crippen molar-refractivity contribution in [3.05, 3.63) is 53.8 Å². The molecule has 1 rings (SSSR count). The predicted octanol–water partition coefficient (Wildman–Crippen LogP) is 3.80.